The number of quaternary nitrogens is 1. The Morgan fingerprint density at radius 1 is 0.402 bits per heavy atom. The molecular weight excluding hydrogens is 1090 g/mol. The number of carbonyl (C=O) groups excluding carboxylic acids is 1. The van der Waals surface area contributed by atoms with Gasteiger partial charge < -0.3 is 19.8 Å². The predicted octanol–water partition coefficient (Wildman–Crippen LogP) is 23.8. The molecule has 0 saturated heterocycles. The van der Waals surface area contributed by atoms with Gasteiger partial charge in [-0.3, -0.25) is 13.8 Å². The third kappa shape index (κ3) is 70.5. The first-order valence-electron chi connectivity index (χ1n) is 36.8. The highest BCUT2D eigenvalue weighted by molar-refractivity contribution is 7.47. The summed E-state index contributed by atoms with van der Waals surface area (Å²) in [5.41, 5.74) is 0. The summed E-state index contributed by atoms with van der Waals surface area (Å²) in [7, 11) is 1.55. The summed E-state index contributed by atoms with van der Waals surface area (Å²) < 4.78 is 23.8. The number of nitrogens with zero attached hydrogens (tertiary/aromatic N) is 1. The predicted molar refractivity (Wildman–Crippen MR) is 382 cm³/mol. The summed E-state index contributed by atoms with van der Waals surface area (Å²) in [6.07, 6.45) is 99.7. The molecule has 3 N–H and O–H groups in total. The molecule has 0 aliphatic heterocycles. The van der Waals surface area contributed by atoms with Crippen LogP contribution in [0.3, 0.4) is 0 Å². The van der Waals surface area contributed by atoms with Crippen LogP contribution in [0.1, 0.15) is 328 Å². The molecule has 0 radical (unpaired) electrons. The summed E-state index contributed by atoms with van der Waals surface area (Å²) in [5, 5.41) is 14.0. The lowest BCUT2D eigenvalue weighted by Crippen LogP contribution is -2.45. The number of aliphatic hydroxyl groups is 1. The average molecular weight is 1230 g/mol. The van der Waals surface area contributed by atoms with Gasteiger partial charge in [0, 0.05) is 6.42 Å². The summed E-state index contributed by atoms with van der Waals surface area (Å²) in [6.45, 7) is 4.70. The van der Waals surface area contributed by atoms with Gasteiger partial charge in [-0.15, -0.1) is 0 Å². The Kier molecular flexibility index (Phi) is 65.3. The van der Waals surface area contributed by atoms with E-state index in [1.807, 2.05) is 27.2 Å². The molecule has 0 aromatic carbocycles. The van der Waals surface area contributed by atoms with Crippen molar-refractivity contribution in [3.63, 3.8) is 0 Å². The van der Waals surface area contributed by atoms with Gasteiger partial charge in [0.25, 0.3) is 0 Å². The zero-order chi connectivity index (χ0) is 63.4. The van der Waals surface area contributed by atoms with Gasteiger partial charge in [0.2, 0.25) is 5.91 Å². The maximum atomic E-state index is 13.1. The highest BCUT2D eigenvalue weighted by Gasteiger charge is 2.28. The van der Waals surface area contributed by atoms with E-state index in [0.717, 1.165) is 83.5 Å². The van der Waals surface area contributed by atoms with E-state index in [4.69, 9.17) is 9.05 Å². The first kappa shape index (κ1) is 84.2. The molecule has 0 spiro atoms. The number of hydrogen-bond acceptors (Lipinski definition) is 5. The number of likely N-dealkylation sites (N-methyl/N-ethyl adjacent to an activating group) is 1. The van der Waals surface area contributed by atoms with E-state index in [9.17, 15) is 19.4 Å². The van der Waals surface area contributed by atoms with Crippen LogP contribution in [0.25, 0.3) is 0 Å². The van der Waals surface area contributed by atoms with Crippen molar-refractivity contribution >= 4 is 13.7 Å². The molecule has 8 nitrogen and oxygen atoms in total. The number of hydrogen-bond donors (Lipinski definition) is 3. The number of allylic oxidation sites excluding steroid dienone is 17. The van der Waals surface area contributed by atoms with Gasteiger partial charge in [0.1, 0.15) is 13.2 Å². The molecule has 0 fully saturated rings. The van der Waals surface area contributed by atoms with E-state index in [2.05, 4.69) is 116 Å². The van der Waals surface area contributed by atoms with Crippen LogP contribution in [0.4, 0.5) is 0 Å². The Balaban J connectivity index is 4.02. The Hall–Kier alpha value is -2.84. The van der Waals surface area contributed by atoms with Gasteiger partial charge in [-0.2, -0.15) is 0 Å². The molecular formula is C78H142N2O6P+. The van der Waals surface area contributed by atoms with Crippen molar-refractivity contribution in [3.05, 3.63) is 109 Å². The van der Waals surface area contributed by atoms with Crippen LogP contribution in [-0.2, 0) is 18.4 Å². The quantitative estimate of drug-likeness (QED) is 0.0243. The number of rotatable bonds is 67. The van der Waals surface area contributed by atoms with Crippen molar-refractivity contribution in [3.8, 4) is 0 Å². The second-order valence-corrected chi connectivity index (χ2v) is 27.4. The SMILES string of the molecule is CC/C=C\C/C=C\C/C=C\C/C=C\C/C=C\C/C=C\CCCCCCCCCCCCCCCCCCCCCCCCC(=O)NC(COP(=O)(O)OCC[N+](C)(C)C)C(O)/C=C/CC/C=C/CC/C=C/CCCCCCCCCCCCCCCC. The van der Waals surface area contributed by atoms with Gasteiger partial charge in [0.15, 0.2) is 0 Å². The average Bonchev–Trinajstić information content (AvgIpc) is 3.71. The first-order valence-corrected chi connectivity index (χ1v) is 38.3. The van der Waals surface area contributed by atoms with Gasteiger partial charge >= 0.3 is 7.82 Å². The number of phosphoric acid groups is 1. The van der Waals surface area contributed by atoms with Crippen LogP contribution in [0.15, 0.2) is 109 Å². The fourth-order valence-corrected chi connectivity index (χ4v) is 11.3. The van der Waals surface area contributed by atoms with Crippen molar-refractivity contribution in [2.24, 2.45) is 0 Å². The van der Waals surface area contributed by atoms with Crippen molar-refractivity contribution in [2.75, 3.05) is 40.9 Å². The molecule has 0 aromatic heterocycles. The topological polar surface area (TPSA) is 105 Å². The molecule has 1 amide bonds. The summed E-state index contributed by atoms with van der Waals surface area (Å²) in [4.78, 5) is 23.4. The molecule has 0 rings (SSSR count). The molecule has 0 bridgehead atoms. The van der Waals surface area contributed by atoms with E-state index >= 15 is 0 Å². The fourth-order valence-electron chi connectivity index (χ4n) is 10.6. The lowest BCUT2D eigenvalue weighted by molar-refractivity contribution is -0.870. The zero-order valence-corrected chi connectivity index (χ0v) is 58.6. The largest absolute Gasteiger partial charge is 0.472 e. The van der Waals surface area contributed by atoms with E-state index in [1.54, 1.807) is 6.08 Å². The Morgan fingerprint density at radius 3 is 1.06 bits per heavy atom. The van der Waals surface area contributed by atoms with Crippen molar-refractivity contribution in [2.45, 2.75) is 341 Å². The molecule has 3 atom stereocenters. The van der Waals surface area contributed by atoms with E-state index in [1.165, 1.54) is 225 Å². The molecule has 0 heterocycles. The maximum absolute atomic E-state index is 13.1. The molecule has 0 aliphatic carbocycles. The first-order chi connectivity index (χ1) is 42.5. The highest BCUT2D eigenvalue weighted by atomic mass is 31.2. The number of amides is 1. The number of carbonyl (C=O) groups is 1. The number of nitrogens with one attached hydrogen (secondary N) is 1. The minimum atomic E-state index is -4.37. The Morgan fingerprint density at radius 2 is 0.701 bits per heavy atom. The monoisotopic (exact) mass is 1230 g/mol. The molecule has 504 valence electrons. The second kappa shape index (κ2) is 67.6. The zero-order valence-electron chi connectivity index (χ0n) is 57.7. The minimum Gasteiger partial charge on any atom is -0.387 e. The van der Waals surface area contributed by atoms with E-state index in [0.29, 0.717) is 17.4 Å². The second-order valence-electron chi connectivity index (χ2n) is 25.9. The third-order valence-corrected chi connectivity index (χ3v) is 17.2. The maximum Gasteiger partial charge on any atom is 0.472 e. The molecule has 9 heteroatoms. The normalized spacial score (nSPS) is 14.2. The number of unbranched alkanes of at least 4 members (excludes halogenated alkanes) is 38. The highest BCUT2D eigenvalue weighted by Crippen LogP contribution is 2.43. The van der Waals surface area contributed by atoms with Crippen molar-refractivity contribution < 1.29 is 32.9 Å². The van der Waals surface area contributed by atoms with Crippen LogP contribution in [0.2, 0.25) is 0 Å². The smallest absolute Gasteiger partial charge is 0.387 e. The molecule has 0 aliphatic rings. The van der Waals surface area contributed by atoms with Crippen molar-refractivity contribution in [1.82, 2.24) is 5.32 Å². The van der Waals surface area contributed by atoms with Gasteiger partial charge in [-0.25, -0.2) is 4.57 Å². The third-order valence-electron chi connectivity index (χ3n) is 16.2. The van der Waals surface area contributed by atoms with Gasteiger partial charge in [-0.1, -0.05) is 335 Å². The van der Waals surface area contributed by atoms with Crippen LogP contribution in [-0.4, -0.2) is 73.4 Å². The molecule has 0 aromatic rings. The molecule has 3 unspecified atom stereocenters. The summed E-state index contributed by atoms with van der Waals surface area (Å²) in [5.74, 6) is -0.188. The number of phosphoric ester groups is 1. The Bertz CT molecular complexity index is 1790. The fraction of sp³-hybridized carbons (Fsp3) is 0.756. The lowest BCUT2D eigenvalue weighted by atomic mass is 10.0. The Labute approximate surface area is 540 Å². The van der Waals surface area contributed by atoms with Crippen molar-refractivity contribution in [1.29, 1.82) is 0 Å². The summed E-state index contributed by atoms with van der Waals surface area (Å²) >= 11 is 0. The van der Waals surface area contributed by atoms with Gasteiger partial charge in [-0.05, 0) is 96.3 Å². The molecule has 87 heavy (non-hydrogen) atoms. The van der Waals surface area contributed by atoms with E-state index in [-0.39, 0.29) is 19.1 Å². The van der Waals surface area contributed by atoms with Crippen LogP contribution >= 0.6 is 7.82 Å². The standard InChI is InChI=1S/C78H141N2O6P/c1-6-8-10-12-14-16-18-20-22-24-26-28-30-32-33-34-35-36-37-38-39-40-41-42-43-44-45-46-47-48-50-52-54-56-58-60-62-64-66-68-70-72-78(82)79-76(75-86-87(83,84)85-74-73-80(3,4)5)77(81)71-69-67-65-63-61-59-57-55-53-51-49-31-29-27-25-23-21-19-17-15-13-11-9-7-2/h8,10,14,16,20,22,26,28,32-33,35-36,53,55,61,63,69,71,76-77,81H,6-7,9,11-13,15,17-19,21,23-25,27,29-31,34,37-52,54,56-60,62,64-68,70,72-75H2,1-5H3,(H-,79,82,83,84)/p+1/b10-8-,16-14-,22-20-,28-26-,33-32-,36-35-,55-53+,63-61+,71-69+. The van der Waals surface area contributed by atoms with Crippen LogP contribution in [0.5, 0.6) is 0 Å². The van der Waals surface area contributed by atoms with Crippen LogP contribution in [0, 0.1) is 0 Å². The van der Waals surface area contributed by atoms with Gasteiger partial charge in [0.05, 0.1) is 39.9 Å². The summed E-state index contributed by atoms with van der Waals surface area (Å²) in [6, 6.07) is -0.875. The minimum absolute atomic E-state index is 0.0517. The van der Waals surface area contributed by atoms with Crippen LogP contribution < -0.4 is 5.32 Å². The number of aliphatic hydroxyl groups excluding tert-OH is 1. The lowest BCUT2D eigenvalue weighted by Gasteiger charge is -2.25. The molecule has 0 saturated carbocycles. The van der Waals surface area contributed by atoms with E-state index < -0.39 is 20.0 Å².